The van der Waals surface area contributed by atoms with E-state index in [2.05, 4.69) is 15.4 Å². The van der Waals surface area contributed by atoms with Crippen LogP contribution in [-0.2, 0) is 4.74 Å². The summed E-state index contributed by atoms with van der Waals surface area (Å²) in [5, 5.41) is 10.3. The first kappa shape index (κ1) is 9.64. The van der Waals surface area contributed by atoms with Gasteiger partial charge in [0.25, 0.3) is 0 Å². The van der Waals surface area contributed by atoms with Gasteiger partial charge in [0, 0.05) is 0 Å². The summed E-state index contributed by atoms with van der Waals surface area (Å²) in [5.41, 5.74) is 1.68. The molecule has 1 N–H and O–H groups in total. The molecule has 15 heavy (non-hydrogen) atoms. The molecule has 1 aromatic heterocycles. The first-order valence-corrected chi connectivity index (χ1v) is 4.79. The molecule has 2 aromatic rings. The zero-order valence-electron chi connectivity index (χ0n) is 8.36. The summed E-state index contributed by atoms with van der Waals surface area (Å²) in [6, 6.07) is 5.23. The predicted molar refractivity (Wildman–Crippen MR) is 54.5 cm³/mol. The monoisotopic (exact) mass is 205 g/mol. The van der Waals surface area contributed by atoms with Crippen molar-refractivity contribution in [2.75, 3.05) is 6.61 Å². The second kappa shape index (κ2) is 4.08. The number of carbonyl (C=O) groups is 1. The molecule has 1 heterocycles. The number of nitrogens with zero attached hydrogens (tertiary/aromatic N) is 2. The van der Waals surface area contributed by atoms with Crippen LogP contribution in [-0.4, -0.2) is 28.0 Å². The minimum absolute atomic E-state index is 0.351. The van der Waals surface area contributed by atoms with E-state index in [1.165, 1.54) is 0 Å². The molecule has 0 bridgehead atoms. The molecule has 0 fully saturated rings. The smallest absolute Gasteiger partial charge is 0.340 e. The fourth-order valence-corrected chi connectivity index (χ4v) is 1.31. The Morgan fingerprint density at radius 3 is 3.13 bits per heavy atom. The Balaban J connectivity index is 2.34. The third kappa shape index (κ3) is 1.81. The van der Waals surface area contributed by atoms with E-state index < -0.39 is 0 Å². The zero-order chi connectivity index (χ0) is 10.7. The fourth-order valence-electron chi connectivity index (χ4n) is 1.31. The molecule has 0 radical (unpaired) electrons. The van der Waals surface area contributed by atoms with Gasteiger partial charge in [-0.1, -0.05) is 13.0 Å². The molecule has 5 nitrogen and oxygen atoms in total. The van der Waals surface area contributed by atoms with Crippen LogP contribution < -0.4 is 0 Å². The highest BCUT2D eigenvalue weighted by molar-refractivity contribution is 6.01. The Labute approximate surface area is 86.4 Å². The number of esters is 1. The van der Waals surface area contributed by atoms with Crippen LogP contribution in [0, 0.1) is 0 Å². The van der Waals surface area contributed by atoms with E-state index in [4.69, 9.17) is 4.74 Å². The Bertz CT molecular complexity index is 478. The SMILES string of the molecule is CCCOC(=O)c1cccc2n[nH]nc12. The number of para-hydroxylation sites is 1. The fraction of sp³-hybridized carbons (Fsp3) is 0.300. The van der Waals surface area contributed by atoms with E-state index in [1.54, 1.807) is 18.2 Å². The van der Waals surface area contributed by atoms with Gasteiger partial charge in [-0.3, -0.25) is 0 Å². The van der Waals surface area contributed by atoms with Gasteiger partial charge < -0.3 is 4.74 Å². The van der Waals surface area contributed by atoms with Crippen molar-refractivity contribution >= 4 is 17.0 Å². The Morgan fingerprint density at radius 2 is 2.33 bits per heavy atom. The van der Waals surface area contributed by atoms with Crippen LogP contribution in [0.4, 0.5) is 0 Å². The van der Waals surface area contributed by atoms with E-state index in [1.807, 2.05) is 6.92 Å². The number of aromatic nitrogens is 3. The summed E-state index contributed by atoms with van der Waals surface area (Å²) in [7, 11) is 0. The molecule has 78 valence electrons. The standard InChI is InChI=1S/C10H11N3O2/c1-2-6-15-10(14)7-4-3-5-8-9(7)12-13-11-8/h3-5H,2,6H2,1H3,(H,11,12,13). The average Bonchev–Trinajstić information content (AvgIpc) is 2.73. The van der Waals surface area contributed by atoms with Crippen molar-refractivity contribution in [3.63, 3.8) is 0 Å². The predicted octanol–water partition coefficient (Wildman–Crippen LogP) is 1.52. The van der Waals surface area contributed by atoms with Crippen LogP contribution >= 0.6 is 0 Å². The highest BCUT2D eigenvalue weighted by atomic mass is 16.5. The van der Waals surface area contributed by atoms with Crippen molar-refractivity contribution in [2.24, 2.45) is 0 Å². The number of hydrogen-bond donors (Lipinski definition) is 1. The number of fused-ring (bicyclic) bond motifs is 1. The van der Waals surface area contributed by atoms with E-state index in [0.29, 0.717) is 23.2 Å². The summed E-state index contributed by atoms with van der Waals surface area (Å²) < 4.78 is 5.03. The van der Waals surface area contributed by atoms with Crippen molar-refractivity contribution in [2.45, 2.75) is 13.3 Å². The molecule has 0 aliphatic carbocycles. The second-order valence-electron chi connectivity index (χ2n) is 3.13. The molecule has 0 spiro atoms. The van der Waals surface area contributed by atoms with Crippen LogP contribution in [0.2, 0.25) is 0 Å². The lowest BCUT2D eigenvalue weighted by Crippen LogP contribution is -2.06. The van der Waals surface area contributed by atoms with Crippen molar-refractivity contribution < 1.29 is 9.53 Å². The summed E-state index contributed by atoms with van der Waals surface area (Å²) in [4.78, 5) is 11.6. The molecule has 5 heteroatoms. The zero-order valence-corrected chi connectivity index (χ0v) is 8.36. The van der Waals surface area contributed by atoms with E-state index in [0.717, 1.165) is 6.42 Å². The van der Waals surface area contributed by atoms with Crippen LogP contribution in [0.5, 0.6) is 0 Å². The molecule has 1 aromatic carbocycles. The number of nitrogens with one attached hydrogen (secondary N) is 1. The number of ether oxygens (including phenoxy) is 1. The van der Waals surface area contributed by atoms with Crippen molar-refractivity contribution in [1.82, 2.24) is 15.4 Å². The maximum Gasteiger partial charge on any atom is 0.340 e. The molecule has 0 amide bonds. The van der Waals surface area contributed by atoms with Crippen LogP contribution in [0.1, 0.15) is 23.7 Å². The first-order chi connectivity index (χ1) is 7.33. The molecule has 0 saturated carbocycles. The van der Waals surface area contributed by atoms with Gasteiger partial charge in [-0.25, -0.2) is 4.79 Å². The maximum atomic E-state index is 11.6. The van der Waals surface area contributed by atoms with Gasteiger partial charge in [-0.2, -0.15) is 15.4 Å². The second-order valence-corrected chi connectivity index (χ2v) is 3.13. The maximum absolute atomic E-state index is 11.6. The summed E-state index contributed by atoms with van der Waals surface area (Å²) in [6.45, 7) is 2.37. The van der Waals surface area contributed by atoms with E-state index >= 15 is 0 Å². The van der Waals surface area contributed by atoms with Gasteiger partial charge in [0.1, 0.15) is 11.0 Å². The molecule has 2 rings (SSSR count). The average molecular weight is 205 g/mol. The molecule has 0 saturated heterocycles. The largest absolute Gasteiger partial charge is 0.462 e. The number of rotatable bonds is 3. The van der Waals surface area contributed by atoms with Gasteiger partial charge >= 0.3 is 5.97 Å². The molecule has 0 unspecified atom stereocenters. The molecule has 0 aliphatic rings. The molecule has 0 atom stereocenters. The Hall–Kier alpha value is -1.91. The third-order valence-corrected chi connectivity index (χ3v) is 2.00. The highest BCUT2D eigenvalue weighted by Crippen LogP contribution is 2.14. The number of H-pyrrole nitrogens is 1. The quantitative estimate of drug-likeness (QED) is 0.771. The molecular formula is C10H11N3O2. The summed E-state index contributed by atoms with van der Waals surface area (Å²) >= 11 is 0. The number of carbonyl (C=O) groups excluding carboxylic acids is 1. The van der Waals surface area contributed by atoms with Crippen molar-refractivity contribution in [1.29, 1.82) is 0 Å². The number of hydrogen-bond acceptors (Lipinski definition) is 4. The van der Waals surface area contributed by atoms with Gasteiger partial charge in [0.15, 0.2) is 0 Å². The van der Waals surface area contributed by atoms with Gasteiger partial charge in [-0.05, 0) is 18.6 Å². The lowest BCUT2D eigenvalue weighted by atomic mass is 10.2. The normalized spacial score (nSPS) is 10.5. The highest BCUT2D eigenvalue weighted by Gasteiger charge is 2.13. The molecular weight excluding hydrogens is 194 g/mol. The molecule has 0 aliphatic heterocycles. The van der Waals surface area contributed by atoms with Crippen LogP contribution in [0.25, 0.3) is 11.0 Å². The Kier molecular flexibility index (Phi) is 2.62. The topological polar surface area (TPSA) is 67.9 Å². The lowest BCUT2D eigenvalue weighted by Gasteiger charge is -2.02. The third-order valence-electron chi connectivity index (χ3n) is 2.00. The minimum atomic E-state index is -0.351. The summed E-state index contributed by atoms with van der Waals surface area (Å²) in [5.74, 6) is -0.351. The van der Waals surface area contributed by atoms with Crippen molar-refractivity contribution in [3.05, 3.63) is 23.8 Å². The number of benzene rings is 1. The lowest BCUT2D eigenvalue weighted by molar-refractivity contribution is 0.0507. The van der Waals surface area contributed by atoms with Gasteiger partial charge in [0.05, 0.1) is 12.2 Å². The first-order valence-electron chi connectivity index (χ1n) is 4.79. The van der Waals surface area contributed by atoms with Gasteiger partial charge in [0.2, 0.25) is 0 Å². The van der Waals surface area contributed by atoms with Gasteiger partial charge in [-0.15, -0.1) is 0 Å². The van der Waals surface area contributed by atoms with Crippen LogP contribution in [0.15, 0.2) is 18.2 Å². The van der Waals surface area contributed by atoms with E-state index in [9.17, 15) is 4.79 Å². The minimum Gasteiger partial charge on any atom is -0.462 e. The Morgan fingerprint density at radius 1 is 1.47 bits per heavy atom. The van der Waals surface area contributed by atoms with E-state index in [-0.39, 0.29) is 5.97 Å². The van der Waals surface area contributed by atoms with Crippen LogP contribution in [0.3, 0.4) is 0 Å². The van der Waals surface area contributed by atoms with Crippen molar-refractivity contribution in [3.8, 4) is 0 Å². The summed E-state index contributed by atoms with van der Waals surface area (Å²) in [6.07, 6.45) is 0.806. The number of aromatic amines is 1.